The van der Waals surface area contributed by atoms with E-state index in [-0.39, 0.29) is 4.75 Å². The van der Waals surface area contributed by atoms with E-state index >= 15 is 0 Å². The van der Waals surface area contributed by atoms with Crippen molar-refractivity contribution in [1.82, 2.24) is 0 Å². The molecule has 1 unspecified atom stereocenters. The van der Waals surface area contributed by atoms with Gasteiger partial charge in [0.25, 0.3) is 0 Å². The molecule has 0 aromatic heterocycles. The van der Waals surface area contributed by atoms with Gasteiger partial charge in [-0.05, 0) is 44.8 Å². The van der Waals surface area contributed by atoms with Crippen molar-refractivity contribution in [3.63, 3.8) is 0 Å². The molecule has 0 heterocycles. The topological polar surface area (TPSA) is 0 Å². The predicted molar refractivity (Wildman–Crippen MR) is 172 cm³/mol. The van der Waals surface area contributed by atoms with Gasteiger partial charge in [-0.15, -0.1) is 0 Å². The lowest BCUT2D eigenvalue weighted by atomic mass is 10.2. The van der Waals surface area contributed by atoms with E-state index in [1.807, 2.05) is 0 Å². The molecule has 0 saturated heterocycles. The van der Waals surface area contributed by atoms with Gasteiger partial charge in [-0.25, -0.2) is 0 Å². The van der Waals surface area contributed by atoms with E-state index in [0.717, 1.165) is 0 Å². The van der Waals surface area contributed by atoms with Crippen molar-refractivity contribution in [2.24, 2.45) is 5.92 Å². The second-order valence-corrected chi connectivity index (χ2v) is 40.3. The van der Waals surface area contributed by atoms with Crippen LogP contribution in [-0.2, 0) is 0 Å². The van der Waals surface area contributed by atoms with Crippen LogP contribution in [0.5, 0.6) is 0 Å². The molecular formula is C24H54S7. The van der Waals surface area contributed by atoms with Crippen molar-refractivity contribution < 1.29 is 0 Å². The van der Waals surface area contributed by atoms with Crippen LogP contribution in [0.2, 0.25) is 0 Å². The second kappa shape index (κ2) is 14.3. The fraction of sp³-hybridized carbons (Fsp3) is 1.00. The van der Waals surface area contributed by atoms with E-state index in [1.54, 1.807) is 0 Å². The monoisotopic (exact) mass is 566 g/mol. The molecule has 0 aromatic rings. The van der Waals surface area contributed by atoms with E-state index in [2.05, 4.69) is 142 Å². The summed E-state index contributed by atoms with van der Waals surface area (Å²) in [6.45, 7) is 27.1. The minimum absolute atomic E-state index is 0.251. The highest BCUT2D eigenvalue weighted by atomic mass is 34.4. The molecule has 0 aliphatic heterocycles. The zero-order chi connectivity index (χ0) is 24.2. The lowest BCUT2D eigenvalue weighted by Crippen LogP contribution is -2.45. The van der Waals surface area contributed by atoms with Crippen molar-refractivity contribution in [3.05, 3.63) is 0 Å². The fourth-order valence-corrected chi connectivity index (χ4v) is 51.3. The van der Waals surface area contributed by atoms with E-state index in [1.165, 1.54) is 54.4 Å². The van der Waals surface area contributed by atoms with Crippen LogP contribution in [0.4, 0.5) is 0 Å². The number of hydrogen-bond acceptors (Lipinski definition) is 6. The molecule has 0 radical (unpaired) electrons. The molecule has 0 bridgehead atoms. The molecule has 0 nitrogen and oxygen atoms in total. The highest BCUT2D eigenvalue weighted by Crippen LogP contribution is 3.26. The first-order valence-corrected chi connectivity index (χ1v) is 23.2. The zero-order valence-electron chi connectivity index (χ0n) is 22.5. The van der Waals surface area contributed by atoms with Gasteiger partial charge in [0.15, 0.2) is 0 Å². The second-order valence-electron chi connectivity index (χ2n) is 9.63. The standard InChI is InChI=1S/C24H54S7/c1-12-16-18-27-31(26-17-13-2,29-22(7)8,28-19-21(5)6,30-23(9)14-3)24(10,11)20-25-15-4/h21-23H,12-20H2,1-11H3. The van der Waals surface area contributed by atoms with Gasteiger partial charge >= 0.3 is 0 Å². The Bertz CT molecular complexity index is 510. The van der Waals surface area contributed by atoms with Crippen LogP contribution >= 0.6 is 69.2 Å². The quantitative estimate of drug-likeness (QED) is 0.112. The maximum atomic E-state index is 2.66. The summed E-state index contributed by atoms with van der Waals surface area (Å²) in [5.41, 5.74) is 0. The first-order chi connectivity index (χ1) is 14.3. The smallest absolute Gasteiger partial charge is 0.0297 e. The predicted octanol–water partition coefficient (Wildman–Crippen LogP) is 11.7. The zero-order valence-corrected chi connectivity index (χ0v) is 28.2. The normalized spacial score (nSPS) is 16.5. The summed E-state index contributed by atoms with van der Waals surface area (Å²) in [7, 11) is 12.2. The van der Waals surface area contributed by atoms with E-state index in [9.17, 15) is 0 Å². The van der Waals surface area contributed by atoms with Crippen molar-refractivity contribution in [2.45, 2.75) is 117 Å². The summed E-state index contributed by atoms with van der Waals surface area (Å²) in [5.74, 6) is 7.02. The lowest BCUT2D eigenvalue weighted by Gasteiger charge is -2.83. The molecule has 0 rings (SSSR count). The summed E-state index contributed by atoms with van der Waals surface area (Å²) in [6.07, 6.45) is 5.14. The first kappa shape index (κ1) is 33.4. The van der Waals surface area contributed by atoms with Crippen molar-refractivity contribution in [1.29, 1.82) is 0 Å². The van der Waals surface area contributed by atoms with Crippen LogP contribution in [0.25, 0.3) is 0 Å². The summed E-state index contributed by atoms with van der Waals surface area (Å²) >= 11 is 2.17. The number of hydrogen-bond donors (Lipinski definition) is 0. The highest BCUT2D eigenvalue weighted by Gasteiger charge is 2.72. The average Bonchev–Trinajstić information content (AvgIpc) is 2.69. The Hall–Kier alpha value is 2.45. The molecule has 0 aliphatic carbocycles. The Kier molecular flexibility index (Phi) is 15.4. The molecule has 7 heteroatoms. The Labute approximate surface area is 219 Å². The van der Waals surface area contributed by atoms with Crippen molar-refractivity contribution >= 4 is 69.2 Å². The van der Waals surface area contributed by atoms with Crippen LogP contribution in [-0.4, -0.2) is 44.0 Å². The Morgan fingerprint density at radius 1 is 0.774 bits per heavy atom. The third-order valence-corrected chi connectivity index (χ3v) is 47.6. The maximum absolute atomic E-state index is 2.86. The Morgan fingerprint density at radius 2 is 1.39 bits per heavy atom. The van der Waals surface area contributed by atoms with Gasteiger partial charge in [-0.3, -0.25) is 0 Å². The Balaban J connectivity index is 7.31. The number of thioether (sulfide) groups is 1. The molecule has 0 amide bonds. The molecule has 192 valence electrons. The minimum Gasteiger partial charge on any atom is -0.161 e. The molecule has 0 N–H and O–H groups in total. The first-order valence-electron chi connectivity index (χ1n) is 12.3. The van der Waals surface area contributed by atoms with Crippen LogP contribution in [0.3, 0.4) is 0 Å². The van der Waals surface area contributed by atoms with Gasteiger partial charge in [0.2, 0.25) is 0 Å². The van der Waals surface area contributed by atoms with Gasteiger partial charge < -0.3 is 0 Å². The summed E-state index contributed by atoms with van der Waals surface area (Å²) in [4.78, 5) is 0. The summed E-state index contributed by atoms with van der Waals surface area (Å²) in [6, 6.07) is 0. The Morgan fingerprint density at radius 3 is 1.84 bits per heavy atom. The molecule has 0 saturated carbocycles. The van der Waals surface area contributed by atoms with Gasteiger partial charge in [-0.2, -0.15) is 11.8 Å². The largest absolute Gasteiger partial charge is 0.161 e. The lowest BCUT2D eigenvalue weighted by molar-refractivity contribution is 0.752. The number of unbranched alkanes of at least 4 members (excludes halogenated alkanes) is 1. The van der Waals surface area contributed by atoms with Crippen LogP contribution in [0, 0.1) is 5.92 Å². The molecule has 0 aliphatic rings. The fourth-order valence-electron chi connectivity index (χ4n) is 3.25. The maximum Gasteiger partial charge on any atom is 0.0297 e. The van der Waals surface area contributed by atoms with E-state index in [4.69, 9.17) is 0 Å². The van der Waals surface area contributed by atoms with Crippen LogP contribution in [0.1, 0.15) is 102 Å². The van der Waals surface area contributed by atoms with Gasteiger partial charge in [0.05, 0.1) is 0 Å². The third kappa shape index (κ3) is 7.97. The summed E-state index contributed by atoms with van der Waals surface area (Å²) in [5, 5.41) is 1.30. The summed E-state index contributed by atoms with van der Waals surface area (Å²) < 4.78 is -2.61. The van der Waals surface area contributed by atoms with Gasteiger partial charge in [-0.1, -0.05) is 126 Å². The van der Waals surface area contributed by atoms with Gasteiger partial charge in [0.1, 0.15) is 0 Å². The van der Waals surface area contributed by atoms with Crippen LogP contribution in [0.15, 0.2) is 0 Å². The van der Waals surface area contributed by atoms with E-state index in [0.29, 0.717) is 16.4 Å². The van der Waals surface area contributed by atoms with Gasteiger partial charge in [0, 0.05) is 38.3 Å². The molecule has 31 heavy (non-hydrogen) atoms. The van der Waals surface area contributed by atoms with Crippen molar-refractivity contribution in [2.75, 3.05) is 28.8 Å². The average molecular weight is 567 g/mol. The van der Waals surface area contributed by atoms with Crippen molar-refractivity contribution in [3.8, 4) is 0 Å². The molecular weight excluding hydrogens is 513 g/mol. The molecule has 1 atom stereocenters. The molecule has 0 aromatic carbocycles. The molecule has 0 fully saturated rings. The number of rotatable bonds is 19. The van der Waals surface area contributed by atoms with Crippen LogP contribution < -0.4 is 0 Å². The van der Waals surface area contributed by atoms with E-state index < -0.39 is 3.45 Å². The molecule has 0 spiro atoms. The minimum atomic E-state index is -2.86. The SMILES string of the molecule is CCCCSS(SCCC)(SCC(C)C)(SC(C)C)(SC(C)CC)C(C)(C)CSCC. The highest BCUT2D eigenvalue weighted by molar-refractivity contribution is 9.98. The third-order valence-electron chi connectivity index (χ3n) is 5.15.